The molecule has 0 unspecified atom stereocenters. The van der Waals surface area contributed by atoms with Gasteiger partial charge in [0, 0.05) is 48.1 Å². The summed E-state index contributed by atoms with van der Waals surface area (Å²) in [6, 6.07) is 15.9. The van der Waals surface area contributed by atoms with Gasteiger partial charge in [0.1, 0.15) is 0 Å². The summed E-state index contributed by atoms with van der Waals surface area (Å²) < 4.78 is 0. The minimum absolute atomic E-state index is 0.0375. The predicted octanol–water partition coefficient (Wildman–Crippen LogP) is 3.79. The number of aryl methyl sites for hydroxylation is 1. The number of amides is 2. The van der Waals surface area contributed by atoms with Crippen molar-refractivity contribution in [2.45, 2.75) is 39.0 Å². The van der Waals surface area contributed by atoms with E-state index in [9.17, 15) is 14.4 Å². The summed E-state index contributed by atoms with van der Waals surface area (Å²) in [6.07, 6.45) is 4.73. The van der Waals surface area contributed by atoms with E-state index in [1.54, 1.807) is 4.90 Å². The van der Waals surface area contributed by atoms with Gasteiger partial charge in [0.25, 0.3) is 0 Å². The molecule has 0 saturated heterocycles. The Bertz CT molecular complexity index is 1130. The van der Waals surface area contributed by atoms with E-state index in [0.717, 1.165) is 35.0 Å². The topological polar surface area (TPSA) is 82.3 Å². The molecule has 2 heterocycles. The van der Waals surface area contributed by atoms with E-state index < -0.39 is 0 Å². The second-order valence-electron chi connectivity index (χ2n) is 8.50. The van der Waals surface area contributed by atoms with Crippen molar-refractivity contribution in [2.75, 3.05) is 18.0 Å². The van der Waals surface area contributed by atoms with Crippen LogP contribution in [0.1, 0.15) is 37.3 Å². The maximum Gasteiger partial charge on any atom is 0.227 e. The summed E-state index contributed by atoms with van der Waals surface area (Å²) in [5, 5.41) is 3.85. The molecule has 4 rings (SSSR count). The number of ketones is 1. The number of aromatic nitrogens is 1. The fourth-order valence-electron chi connectivity index (χ4n) is 4.35. The molecule has 1 aliphatic rings. The number of carbonyl (C=O) groups excluding carboxylic acids is 3. The third kappa shape index (κ3) is 4.90. The van der Waals surface area contributed by atoms with Gasteiger partial charge < -0.3 is 15.2 Å². The molecule has 0 aliphatic carbocycles. The van der Waals surface area contributed by atoms with Crippen molar-refractivity contribution in [1.82, 2.24) is 10.3 Å². The maximum absolute atomic E-state index is 12.7. The largest absolute Gasteiger partial charge is 0.361 e. The van der Waals surface area contributed by atoms with Crippen LogP contribution in [0.3, 0.4) is 0 Å². The van der Waals surface area contributed by atoms with Gasteiger partial charge in [-0.3, -0.25) is 14.4 Å². The van der Waals surface area contributed by atoms with Crippen molar-refractivity contribution in [2.24, 2.45) is 5.92 Å². The number of benzene rings is 2. The van der Waals surface area contributed by atoms with Gasteiger partial charge in [0.2, 0.25) is 11.8 Å². The first-order chi connectivity index (χ1) is 15.5. The molecule has 0 fully saturated rings. The highest BCUT2D eigenvalue weighted by molar-refractivity contribution is 5.97. The smallest absolute Gasteiger partial charge is 0.227 e. The summed E-state index contributed by atoms with van der Waals surface area (Å²) in [4.78, 5) is 42.5. The Morgan fingerprint density at radius 2 is 1.84 bits per heavy atom. The lowest BCUT2D eigenvalue weighted by Gasteiger charge is -2.29. The number of nitrogens with zero attached hydrogens (tertiary/aromatic N) is 1. The zero-order valence-corrected chi connectivity index (χ0v) is 18.4. The third-order valence-electron chi connectivity index (χ3n) is 6.14. The first kappa shape index (κ1) is 21.8. The number of H-pyrrole nitrogens is 1. The number of hydrogen-bond acceptors (Lipinski definition) is 3. The number of hydrogen-bond donors (Lipinski definition) is 2. The first-order valence-corrected chi connectivity index (χ1v) is 11.3. The molecule has 6 heteroatoms. The van der Waals surface area contributed by atoms with Crippen molar-refractivity contribution in [3.8, 4) is 0 Å². The molecule has 0 spiro atoms. The van der Waals surface area contributed by atoms with E-state index in [4.69, 9.17) is 0 Å². The molecule has 2 amide bonds. The number of Topliss-reactive ketones (excluding diaryl/α,β-unsaturated/α-hetero) is 1. The fraction of sp³-hybridized carbons (Fsp3) is 0.346. The van der Waals surface area contributed by atoms with Crippen LogP contribution >= 0.6 is 0 Å². The van der Waals surface area contributed by atoms with Gasteiger partial charge in [-0.2, -0.15) is 0 Å². The minimum atomic E-state index is -0.256. The minimum Gasteiger partial charge on any atom is -0.361 e. The van der Waals surface area contributed by atoms with E-state index in [2.05, 4.69) is 10.3 Å². The van der Waals surface area contributed by atoms with E-state index in [0.29, 0.717) is 13.0 Å². The summed E-state index contributed by atoms with van der Waals surface area (Å²) in [6.45, 7) is 2.51. The van der Waals surface area contributed by atoms with Gasteiger partial charge in [0.15, 0.2) is 5.78 Å². The standard InChI is InChI=1S/C26H29N3O3/c1-18(15-20-16-27-23-10-4-3-9-22(20)23)26(32)28-17-21(30)12-13-25(31)29-14-6-8-19-7-2-5-11-24(19)29/h2-5,7,9-11,16,18,27H,6,8,12-15,17H2,1H3,(H,28,32)/t18-/m0/s1. The Kier molecular flexibility index (Phi) is 6.69. The highest BCUT2D eigenvalue weighted by atomic mass is 16.2. The Hall–Kier alpha value is -3.41. The molecule has 6 nitrogen and oxygen atoms in total. The monoisotopic (exact) mass is 431 g/mol. The van der Waals surface area contributed by atoms with Crippen molar-refractivity contribution in [3.05, 3.63) is 65.9 Å². The third-order valence-corrected chi connectivity index (χ3v) is 6.14. The molecule has 0 radical (unpaired) electrons. The highest BCUT2D eigenvalue weighted by Crippen LogP contribution is 2.27. The highest BCUT2D eigenvalue weighted by Gasteiger charge is 2.23. The predicted molar refractivity (Wildman–Crippen MR) is 126 cm³/mol. The van der Waals surface area contributed by atoms with Crippen LogP contribution < -0.4 is 10.2 Å². The van der Waals surface area contributed by atoms with Crippen LogP contribution in [0.25, 0.3) is 10.9 Å². The SMILES string of the molecule is C[C@@H](Cc1c[nH]c2ccccc12)C(=O)NCC(=O)CCC(=O)N1CCCc2ccccc21. The number of nitrogens with one attached hydrogen (secondary N) is 2. The van der Waals surface area contributed by atoms with Crippen LogP contribution in [-0.4, -0.2) is 35.7 Å². The molecule has 166 valence electrons. The summed E-state index contributed by atoms with van der Waals surface area (Å²) >= 11 is 0. The van der Waals surface area contributed by atoms with Crippen molar-refractivity contribution >= 4 is 34.2 Å². The average Bonchev–Trinajstić information content (AvgIpc) is 3.23. The lowest BCUT2D eigenvalue weighted by molar-refractivity contribution is -0.128. The van der Waals surface area contributed by atoms with Crippen LogP contribution in [0.15, 0.2) is 54.7 Å². The Morgan fingerprint density at radius 1 is 1.06 bits per heavy atom. The lowest BCUT2D eigenvalue weighted by atomic mass is 9.99. The first-order valence-electron chi connectivity index (χ1n) is 11.3. The Morgan fingerprint density at radius 3 is 2.72 bits per heavy atom. The zero-order chi connectivity index (χ0) is 22.5. The summed E-state index contributed by atoms with van der Waals surface area (Å²) in [7, 11) is 0. The van der Waals surface area contributed by atoms with Gasteiger partial charge in [-0.1, -0.05) is 43.3 Å². The fourth-order valence-corrected chi connectivity index (χ4v) is 4.35. The summed E-state index contributed by atoms with van der Waals surface area (Å²) in [5.74, 6) is -0.575. The van der Waals surface area contributed by atoms with Gasteiger partial charge in [-0.05, 0) is 42.5 Å². The number of rotatable bonds is 8. The molecular formula is C26H29N3O3. The second kappa shape index (κ2) is 9.81. The molecule has 32 heavy (non-hydrogen) atoms. The molecule has 1 aromatic heterocycles. The molecule has 1 aliphatic heterocycles. The van der Waals surface area contributed by atoms with Crippen molar-refractivity contribution in [3.63, 3.8) is 0 Å². The number of anilines is 1. The van der Waals surface area contributed by atoms with Gasteiger partial charge >= 0.3 is 0 Å². The van der Waals surface area contributed by atoms with Crippen LogP contribution in [0, 0.1) is 5.92 Å². The normalized spacial score (nSPS) is 14.1. The molecular weight excluding hydrogens is 402 g/mol. The van der Waals surface area contributed by atoms with Crippen molar-refractivity contribution < 1.29 is 14.4 Å². The zero-order valence-electron chi connectivity index (χ0n) is 18.4. The van der Waals surface area contributed by atoms with E-state index >= 15 is 0 Å². The molecule has 1 atom stereocenters. The quantitative estimate of drug-likeness (QED) is 0.569. The number of carbonyl (C=O) groups is 3. The van der Waals surface area contributed by atoms with E-state index in [1.807, 2.05) is 61.7 Å². The number of fused-ring (bicyclic) bond motifs is 2. The average molecular weight is 432 g/mol. The van der Waals surface area contributed by atoms with E-state index in [1.165, 1.54) is 5.56 Å². The Labute approximate surface area is 188 Å². The van der Waals surface area contributed by atoms with Crippen LogP contribution in [0.5, 0.6) is 0 Å². The van der Waals surface area contributed by atoms with Crippen molar-refractivity contribution in [1.29, 1.82) is 0 Å². The number of aromatic amines is 1. The maximum atomic E-state index is 12.7. The second-order valence-corrected chi connectivity index (χ2v) is 8.50. The van der Waals surface area contributed by atoms with Crippen LogP contribution in [0.2, 0.25) is 0 Å². The molecule has 2 N–H and O–H groups in total. The van der Waals surface area contributed by atoms with Gasteiger partial charge in [-0.25, -0.2) is 0 Å². The summed E-state index contributed by atoms with van der Waals surface area (Å²) in [5.41, 5.74) is 4.26. The molecule has 3 aromatic rings. The van der Waals surface area contributed by atoms with Crippen LogP contribution in [0.4, 0.5) is 5.69 Å². The van der Waals surface area contributed by atoms with E-state index in [-0.39, 0.29) is 42.9 Å². The van der Waals surface area contributed by atoms with Gasteiger partial charge in [-0.15, -0.1) is 0 Å². The lowest BCUT2D eigenvalue weighted by Crippen LogP contribution is -2.37. The Balaban J connectivity index is 1.23. The van der Waals surface area contributed by atoms with Crippen LogP contribution in [-0.2, 0) is 27.2 Å². The molecule has 0 bridgehead atoms. The molecule has 2 aromatic carbocycles. The van der Waals surface area contributed by atoms with Gasteiger partial charge in [0.05, 0.1) is 6.54 Å². The number of para-hydroxylation sites is 2. The molecule has 0 saturated carbocycles.